The fourth-order valence-electron chi connectivity index (χ4n) is 4.67. The van der Waals surface area contributed by atoms with E-state index in [-0.39, 0.29) is 23.5 Å². The third-order valence-electron chi connectivity index (χ3n) is 6.64. The summed E-state index contributed by atoms with van der Waals surface area (Å²) in [7, 11) is -2.79. The molecular formula is C28H29F3N3O3P. The number of carbonyl (C=O) groups excluding carboxylic acids is 2. The van der Waals surface area contributed by atoms with Gasteiger partial charge < -0.3 is 20.1 Å². The highest BCUT2D eigenvalue weighted by Crippen LogP contribution is 2.41. The molecule has 0 aromatic heterocycles. The highest BCUT2D eigenvalue weighted by molar-refractivity contribution is 7.70. The first-order chi connectivity index (χ1) is 17.7. The maximum Gasteiger partial charge on any atom is 0.319 e. The lowest BCUT2D eigenvalue weighted by Crippen LogP contribution is -2.48. The smallest absolute Gasteiger partial charge is 0.319 e. The van der Waals surface area contributed by atoms with Crippen molar-refractivity contribution >= 4 is 35.8 Å². The number of urea groups is 1. The summed E-state index contributed by atoms with van der Waals surface area (Å²) in [5.41, 5.74) is -0.250. The second kappa shape index (κ2) is 9.95. The van der Waals surface area contributed by atoms with E-state index >= 15 is 8.78 Å². The molecule has 0 unspecified atom stereocenters. The molecule has 0 aliphatic carbocycles. The van der Waals surface area contributed by atoms with Crippen LogP contribution in [0.3, 0.4) is 0 Å². The van der Waals surface area contributed by atoms with Crippen LogP contribution in [0.1, 0.15) is 19.4 Å². The molecule has 3 amide bonds. The summed E-state index contributed by atoms with van der Waals surface area (Å²) in [6, 6.07) is 11.6. The van der Waals surface area contributed by atoms with Crippen LogP contribution in [0.4, 0.5) is 29.3 Å². The highest BCUT2D eigenvalue weighted by Gasteiger charge is 2.48. The summed E-state index contributed by atoms with van der Waals surface area (Å²) in [6.07, 6.45) is 0. The molecule has 0 saturated carbocycles. The molecule has 6 nitrogen and oxygen atoms in total. The summed E-state index contributed by atoms with van der Waals surface area (Å²) in [6.45, 7) is 8.23. The van der Waals surface area contributed by atoms with Crippen LogP contribution in [0.25, 0.3) is 11.1 Å². The Morgan fingerprint density at radius 3 is 2.34 bits per heavy atom. The Balaban J connectivity index is 1.61. The van der Waals surface area contributed by atoms with E-state index in [0.29, 0.717) is 16.4 Å². The van der Waals surface area contributed by atoms with Crippen molar-refractivity contribution in [3.8, 4) is 11.1 Å². The Hall–Kier alpha value is -3.58. The van der Waals surface area contributed by atoms with Crippen molar-refractivity contribution in [2.75, 3.05) is 30.1 Å². The Morgan fingerprint density at radius 2 is 1.68 bits per heavy atom. The van der Waals surface area contributed by atoms with Gasteiger partial charge in [0.05, 0.1) is 11.4 Å². The summed E-state index contributed by atoms with van der Waals surface area (Å²) >= 11 is 0. The highest BCUT2D eigenvalue weighted by atomic mass is 31.2. The average Bonchev–Trinajstić information content (AvgIpc) is 3.05. The van der Waals surface area contributed by atoms with E-state index in [0.717, 1.165) is 4.90 Å². The van der Waals surface area contributed by atoms with E-state index in [9.17, 15) is 18.5 Å². The first-order valence-corrected chi connectivity index (χ1v) is 14.6. The lowest BCUT2D eigenvalue weighted by Gasteiger charge is -2.24. The quantitative estimate of drug-likeness (QED) is 0.394. The molecule has 4 rings (SSSR count). The minimum atomic E-state index is -2.79. The van der Waals surface area contributed by atoms with E-state index in [2.05, 4.69) is 10.6 Å². The molecule has 1 saturated heterocycles. The molecule has 10 heteroatoms. The van der Waals surface area contributed by atoms with Crippen LogP contribution in [-0.2, 0) is 9.36 Å². The lowest BCUT2D eigenvalue weighted by atomic mass is 9.87. The monoisotopic (exact) mass is 543 g/mol. The second-order valence-electron chi connectivity index (χ2n) is 10.6. The number of benzene rings is 3. The topological polar surface area (TPSA) is 78.5 Å². The predicted molar refractivity (Wildman–Crippen MR) is 144 cm³/mol. The molecule has 38 heavy (non-hydrogen) atoms. The van der Waals surface area contributed by atoms with Gasteiger partial charge in [0.1, 0.15) is 19.0 Å². The lowest BCUT2D eigenvalue weighted by molar-refractivity contribution is -0.119. The van der Waals surface area contributed by atoms with Crippen molar-refractivity contribution in [1.82, 2.24) is 5.32 Å². The first-order valence-electron chi connectivity index (χ1n) is 12.0. The average molecular weight is 544 g/mol. The van der Waals surface area contributed by atoms with Gasteiger partial charge in [0.15, 0.2) is 11.6 Å². The van der Waals surface area contributed by atoms with Crippen molar-refractivity contribution in [2.24, 2.45) is 5.41 Å². The number of nitrogens with zero attached hydrogens (tertiary/aromatic N) is 1. The molecule has 1 fully saturated rings. The number of amides is 3. The van der Waals surface area contributed by atoms with Crippen LogP contribution in [0.5, 0.6) is 0 Å². The van der Waals surface area contributed by atoms with Crippen molar-refractivity contribution in [1.29, 1.82) is 0 Å². The number of hydrogen-bond donors (Lipinski definition) is 2. The number of carbonyl (C=O) groups is 2. The molecule has 3 aromatic rings. The number of rotatable bonds is 5. The van der Waals surface area contributed by atoms with Crippen molar-refractivity contribution < 1.29 is 27.3 Å². The van der Waals surface area contributed by atoms with Gasteiger partial charge in [-0.05, 0) is 55.6 Å². The fourth-order valence-corrected chi connectivity index (χ4v) is 5.89. The van der Waals surface area contributed by atoms with Gasteiger partial charge in [-0.25, -0.2) is 18.0 Å². The van der Waals surface area contributed by atoms with Crippen LogP contribution >= 0.6 is 7.14 Å². The third kappa shape index (κ3) is 5.20. The zero-order valence-corrected chi connectivity index (χ0v) is 22.6. The third-order valence-corrected chi connectivity index (χ3v) is 8.19. The maximum absolute atomic E-state index is 15.4. The molecule has 1 atom stereocenters. The minimum absolute atomic E-state index is 0.00108. The number of anilines is 2. The summed E-state index contributed by atoms with van der Waals surface area (Å²) in [5, 5.41) is 5.36. The molecule has 0 bridgehead atoms. The van der Waals surface area contributed by atoms with E-state index in [4.69, 9.17) is 0 Å². The zero-order chi connectivity index (χ0) is 28.0. The van der Waals surface area contributed by atoms with E-state index in [1.807, 2.05) is 0 Å². The molecule has 1 heterocycles. The SMILES string of the molecule is Cc1ccc(NC(=O)N[C@H]2C(=O)N(c3ccc(-c4ccccc4P(C)(C)=O)c(F)c3F)CC2(C)C)c(F)c1. The van der Waals surface area contributed by atoms with Crippen LogP contribution < -0.4 is 20.8 Å². The van der Waals surface area contributed by atoms with Gasteiger partial charge in [-0.3, -0.25) is 4.79 Å². The number of nitrogens with one attached hydrogen (secondary N) is 2. The Morgan fingerprint density at radius 1 is 1.00 bits per heavy atom. The van der Waals surface area contributed by atoms with E-state index in [1.165, 1.54) is 24.3 Å². The van der Waals surface area contributed by atoms with Crippen LogP contribution in [0.2, 0.25) is 0 Å². The first kappa shape index (κ1) is 27.5. The summed E-state index contributed by atoms with van der Waals surface area (Å²) in [4.78, 5) is 27.0. The zero-order valence-electron chi connectivity index (χ0n) is 21.7. The van der Waals surface area contributed by atoms with Crippen LogP contribution in [0, 0.1) is 29.8 Å². The minimum Gasteiger partial charge on any atom is -0.325 e. The molecule has 1 aliphatic heterocycles. The molecule has 3 aromatic carbocycles. The molecule has 0 spiro atoms. The van der Waals surface area contributed by atoms with Gasteiger partial charge in [0.25, 0.3) is 0 Å². The number of halogens is 3. The largest absolute Gasteiger partial charge is 0.325 e. The molecule has 0 radical (unpaired) electrons. The van der Waals surface area contributed by atoms with Crippen molar-refractivity contribution in [2.45, 2.75) is 26.8 Å². The standard InChI is InChI=1S/C28H29F3N3O3P/c1-16-10-12-20(19(29)14-16)32-27(36)33-25-26(35)34(15-28(25,2)3)21-13-11-18(23(30)24(21)31)17-8-6-7-9-22(17)38(4,5)37/h6-14,25H,15H2,1-5H3,(H2,32,33,36)/t25-/m0/s1. The molecule has 1 aliphatic rings. The number of aryl methyl sites for hydroxylation is 1. The molecular weight excluding hydrogens is 514 g/mol. The van der Waals surface area contributed by atoms with Gasteiger partial charge >= 0.3 is 6.03 Å². The number of hydrogen-bond acceptors (Lipinski definition) is 3. The summed E-state index contributed by atoms with van der Waals surface area (Å²) in [5.74, 6) is -3.65. The Labute approximate surface area is 219 Å². The molecule has 200 valence electrons. The van der Waals surface area contributed by atoms with Gasteiger partial charge in [-0.15, -0.1) is 0 Å². The van der Waals surface area contributed by atoms with Gasteiger partial charge in [0.2, 0.25) is 5.91 Å². The van der Waals surface area contributed by atoms with Crippen molar-refractivity contribution in [3.05, 3.63) is 77.6 Å². The predicted octanol–water partition coefficient (Wildman–Crippen LogP) is 5.89. The van der Waals surface area contributed by atoms with E-state index < -0.39 is 48.0 Å². The summed E-state index contributed by atoms with van der Waals surface area (Å²) < 4.78 is 57.7. The van der Waals surface area contributed by atoms with Gasteiger partial charge in [0, 0.05) is 22.8 Å². The van der Waals surface area contributed by atoms with Crippen LogP contribution in [0.15, 0.2) is 54.6 Å². The van der Waals surface area contributed by atoms with E-state index in [1.54, 1.807) is 64.4 Å². The van der Waals surface area contributed by atoms with Crippen molar-refractivity contribution in [3.63, 3.8) is 0 Å². The molecule has 2 N–H and O–H groups in total. The Bertz CT molecular complexity index is 1490. The maximum atomic E-state index is 15.4. The Kier molecular flexibility index (Phi) is 7.19. The van der Waals surface area contributed by atoms with Gasteiger partial charge in [-0.1, -0.05) is 44.2 Å². The van der Waals surface area contributed by atoms with Crippen LogP contribution in [-0.4, -0.2) is 37.9 Å². The van der Waals surface area contributed by atoms with Gasteiger partial charge in [-0.2, -0.15) is 0 Å². The normalized spacial score (nSPS) is 17.0. The second-order valence-corrected chi connectivity index (χ2v) is 13.7. The fraction of sp³-hybridized carbons (Fsp3) is 0.286.